The average Bonchev–Trinajstić information content (AvgIpc) is 1.69. The highest BCUT2D eigenvalue weighted by molar-refractivity contribution is 6.20. The summed E-state index contributed by atoms with van der Waals surface area (Å²) in [5.74, 6) is -8.48. The van der Waals surface area contributed by atoms with Crippen LogP contribution in [0.25, 0.3) is 0 Å². The van der Waals surface area contributed by atoms with Gasteiger partial charge in [0.1, 0.15) is 0 Å². The largest absolute Gasteiger partial charge is 0.326 e. The van der Waals surface area contributed by atoms with Gasteiger partial charge in [0.15, 0.2) is 0 Å². The fraction of sp³-hybridized carbons (Fsp3) is 0.473. The molecule has 0 fully saturated rings. The van der Waals surface area contributed by atoms with Crippen LogP contribution in [0.3, 0.4) is 0 Å². The zero-order chi connectivity index (χ0) is 102. The van der Waals surface area contributed by atoms with E-state index in [2.05, 4.69) is 0 Å². The lowest BCUT2D eigenvalue weighted by molar-refractivity contribution is -0.545. The topological polar surface area (TPSA) is 639 Å². The first kappa shape index (κ1) is 109. The van der Waals surface area contributed by atoms with Gasteiger partial charge >= 0.3 is 0 Å². The molecule has 24 amide bonds. The Bertz CT molecular complexity index is 4940. The lowest BCUT2D eigenvalue weighted by Crippen LogP contribution is -2.46. The third-order valence-electron chi connectivity index (χ3n) is 23.1. The molecule has 0 radical (unpaired) electrons. The van der Waals surface area contributed by atoms with Crippen LogP contribution in [0, 0.1) is 38.0 Å². The van der Waals surface area contributed by atoms with Crippen LogP contribution >= 0.6 is 0 Å². The molecule has 0 aromatic rings. The summed E-state index contributed by atoms with van der Waals surface area (Å²) in [6.45, 7) is 15.3. The summed E-state index contributed by atoms with van der Waals surface area (Å²) in [6.07, 6.45) is 29.3. The van der Waals surface area contributed by atoms with E-state index in [4.69, 9.17) is 22.9 Å². The molecule has 9 unspecified atom stereocenters. The van der Waals surface area contributed by atoms with Gasteiger partial charge in [0.05, 0.1) is 12.3 Å². The van der Waals surface area contributed by atoms with Crippen molar-refractivity contribution >= 4 is 142 Å². The minimum Gasteiger partial charge on any atom is -0.326 e. The monoisotopic (exact) mass is 1900 g/mol. The van der Waals surface area contributed by atoms with E-state index in [0.29, 0.717) is 116 Å². The van der Waals surface area contributed by atoms with Crippen LogP contribution in [0.1, 0.15) is 170 Å². The van der Waals surface area contributed by atoms with Crippen molar-refractivity contribution < 1.29 is 125 Å². The number of nitro groups is 2. The number of carbonyl (C=O) groups is 24. The van der Waals surface area contributed by atoms with Crippen molar-refractivity contribution in [2.45, 2.75) is 207 Å². The van der Waals surface area contributed by atoms with E-state index >= 15 is 0 Å². The second kappa shape index (κ2) is 51.1. The maximum Gasteiger partial charge on any atom is 0.296 e. The molecule has 46 nitrogen and oxygen atoms in total. The number of unbranched alkanes of at least 4 members (excludes halogenated alkanes) is 6. The molecule has 0 aromatic carbocycles. The molecule has 46 heteroatoms. The van der Waals surface area contributed by atoms with Crippen LogP contribution in [0.2, 0.25) is 0 Å². The van der Waals surface area contributed by atoms with Gasteiger partial charge in [0.2, 0.25) is 0 Å². The van der Waals surface area contributed by atoms with Crippen LogP contribution in [-0.2, 0) is 115 Å². The highest BCUT2D eigenvalue weighted by Crippen LogP contribution is 2.26. The Labute approximate surface area is 786 Å². The van der Waals surface area contributed by atoms with Gasteiger partial charge in [-0.25, -0.2) is 9.80 Å². The third kappa shape index (κ3) is 30.6. The Morgan fingerprint density at radius 1 is 0.241 bits per heavy atom. The molecular formula is C91H112N18O28. The molecule has 12 aliphatic rings. The summed E-state index contributed by atoms with van der Waals surface area (Å²) < 4.78 is 0. The molecule has 0 aromatic heterocycles. The number of hydrogen-bond donors (Lipinski definition) is 4. The number of amides is 24. The van der Waals surface area contributed by atoms with Crippen LogP contribution in [0.15, 0.2) is 144 Å². The number of nitrogens with zero attached hydrogens (tertiary/aromatic N) is 14. The van der Waals surface area contributed by atoms with Gasteiger partial charge in [-0.15, -0.1) is 0 Å². The molecule has 12 heterocycles. The molecule has 0 saturated heterocycles. The summed E-state index contributed by atoms with van der Waals surface area (Å²) in [6, 6.07) is -0.802. The van der Waals surface area contributed by atoms with Crippen LogP contribution in [0.5, 0.6) is 0 Å². The van der Waals surface area contributed by atoms with E-state index in [-0.39, 0.29) is 151 Å². The highest BCUT2D eigenvalue weighted by Gasteiger charge is 2.43. The first-order valence-electron chi connectivity index (χ1n) is 44.5. The standard InChI is InChI=1S/C17H22N2O4.2C16H20N2O4.C14H14N4O8.2C14H18N4O4/c1-11(10-19-15(21)9-13(3)17(19)23)6-4-5-7-18-14(20)8-12(2)16(18)22;1-11(7-8-17-13(19)3-4-14(17)20)9-12(2)10-18-15(21)5-6-16(18)22;1-11-9-13(19)17(15(11)21)7-5-3-4-6-8-18-14(20)10-12(2)16(18)22;19-11-5-6-12(20)15(11)9(17(23)24)3-1-2-4-10(18(25)26)16-13(21)7-8-14(16)22;15-9(7-17-11(19)3-4-12(17)20)1-2-10(16)8-18-13(21)5-6-14(18)22;15-9(17-11(19)5-6-12(17)20)3-1-2-4-10(16)18-13(21)7-8-14(18)22/h8-9,11H,4-7,10H2,1-3H3;3-6,11-12H,7-10H2,1-2H3;9-10H,3-8H2,1-2H3;5-10H,1-4H2;3-6,9-10H,1-2,7-8,15-16H2;5-10H,1-4,15-16H2. The first-order valence-corrected chi connectivity index (χ1v) is 44.5. The number of imide groups is 12. The Morgan fingerprint density at radius 2 is 0.482 bits per heavy atom. The number of hydrogen-bond acceptors (Lipinski definition) is 32. The van der Waals surface area contributed by atoms with Gasteiger partial charge in [-0.05, 0) is 135 Å². The second-order valence-electron chi connectivity index (χ2n) is 34.1. The number of carbonyl (C=O) groups excluding carboxylic acids is 24. The van der Waals surface area contributed by atoms with E-state index in [1.807, 2.05) is 20.8 Å². The fourth-order valence-corrected chi connectivity index (χ4v) is 15.7. The van der Waals surface area contributed by atoms with Crippen LogP contribution in [-0.4, -0.2) is 300 Å². The molecule has 0 spiro atoms. The van der Waals surface area contributed by atoms with Crippen molar-refractivity contribution in [1.29, 1.82) is 0 Å². The highest BCUT2D eigenvalue weighted by atomic mass is 16.6. The van der Waals surface area contributed by atoms with Crippen molar-refractivity contribution in [3.63, 3.8) is 0 Å². The van der Waals surface area contributed by atoms with Crippen molar-refractivity contribution in [3.05, 3.63) is 164 Å². The predicted octanol–water partition coefficient (Wildman–Crippen LogP) is 0.329. The third-order valence-corrected chi connectivity index (χ3v) is 23.1. The lowest BCUT2D eigenvalue weighted by Gasteiger charge is -2.24. The first-order chi connectivity index (χ1) is 64.6. The molecule has 137 heavy (non-hydrogen) atoms. The SMILES string of the molecule is CC(CCN1C(=O)C=CC1=O)CC(C)CN1C(=O)C=CC1=O.CC1=CC(=O)N(CCCCC(C)CN2C(=O)C=C(C)C2=O)C1=O.CC1=CC(=O)N(CCCCCCN2C(=O)C=C(C)C2=O)C1=O.NC(CCC(N)CN1C(=O)C=CC1=O)CN1C(=O)C=CC1=O.NC(CCCCC(N)N1C(=O)C=CC1=O)N1C(=O)C=CC1=O.O=C1C=CC(=O)N1C(CCCCC(N1C(=O)C=CC1=O)[N+](=O)[O-])[N+](=O)[O-]. The molecule has 12 rings (SSSR count). The number of rotatable bonds is 44. The van der Waals surface area contributed by atoms with Crippen molar-refractivity contribution in [2.24, 2.45) is 40.7 Å². The molecule has 0 saturated carbocycles. The van der Waals surface area contributed by atoms with Gasteiger partial charge in [-0.3, -0.25) is 184 Å². The zero-order valence-electron chi connectivity index (χ0n) is 76.8. The normalized spacial score (nSPS) is 19.7. The molecule has 12 aliphatic heterocycles. The molecule has 9 atom stereocenters. The maximum atomic E-state index is 11.8. The van der Waals surface area contributed by atoms with Gasteiger partial charge < -0.3 is 22.9 Å². The van der Waals surface area contributed by atoms with E-state index in [1.54, 1.807) is 27.7 Å². The Morgan fingerprint density at radius 3 is 0.766 bits per heavy atom. The summed E-state index contributed by atoms with van der Waals surface area (Å²) in [4.78, 5) is 310. The minimum atomic E-state index is -1.57. The summed E-state index contributed by atoms with van der Waals surface area (Å²) >= 11 is 0. The van der Waals surface area contributed by atoms with Gasteiger partial charge in [-0.2, -0.15) is 0 Å². The average molecular weight is 1910 g/mol. The van der Waals surface area contributed by atoms with E-state index in [9.17, 15) is 135 Å². The van der Waals surface area contributed by atoms with Gasteiger partial charge in [0.25, 0.3) is 154 Å². The van der Waals surface area contributed by atoms with Crippen molar-refractivity contribution in [1.82, 2.24) is 58.8 Å². The Hall–Kier alpha value is -14.8. The number of nitrogens with two attached hydrogens (primary N) is 4. The van der Waals surface area contributed by atoms with E-state index < -0.39 is 93.9 Å². The summed E-state index contributed by atoms with van der Waals surface area (Å²) in [5.41, 5.74) is 25.4. The summed E-state index contributed by atoms with van der Waals surface area (Å²) in [5, 5.41) is 22.3. The molecule has 8 N–H and O–H groups in total. The molecular weight excluding hydrogens is 1790 g/mol. The molecule has 734 valence electrons. The smallest absolute Gasteiger partial charge is 0.296 e. The summed E-state index contributed by atoms with van der Waals surface area (Å²) in [7, 11) is 0. The Balaban J connectivity index is 0.000000224. The predicted molar refractivity (Wildman–Crippen MR) is 478 cm³/mol. The van der Waals surface area contributed by atoms with Crippen LogP contribution < -0.4 is 22.9 Å². The van der Waals surface area contributed by atoms with Crippen LogP contribution in [0.4, 0.5) is 0 Å². The lowest BCUT2D eigenvalue weighted by atomic mass is 9.94. The molecule has 0 bridgehead atoms. The van der Waals surface area contributed by atoms with Crippen molar-refractivity contribution in [3.8, 4) is 0 Å². The molecule has 0 aliphatic carbocycles. The second-order valence-corrected chi connectivity index (χ2v) is 34.1. The zero-order valence-corrected chi connectivity index (χ0v) is 76.8. The van der Waals surface area contributed by atoms with Crippen molar-refractivity contribution in [2.75, 3.05) is 52.4 Å². The Kier molecular flexibility index (Phi) is 40.7. The van der Waals surface area contributed by atoms with E-state index in [0.717, 1.165) is 95.3 Å². The quantitative estimate of drug-likeness (QED) is 0.0276. The van der Waals surface area contributed by atoms with Gasteiger partial charge in [-0.1, -0.05) is 40.0 Å². The maximum absolute atomic E-state index is 11.8. The van der Waals surface area contributed by atoms with Gasteiger partial charge in [0, 0.05) is 231 Å². The fourth-order valence-electron chi connectivity index (χ4n) is 15.7. The van der Waals surface area contributed by atoms with E-state index in [1.165, 1.54) is 127 Å². The minimum absolute atomic E-state index is 0.0801.